The number of aromatic nitrogens is 2. The lowest BCUT2D eigenvalue weighted by Gasteiger charge is -2.23. The van der Waals surface area contributed by atoms with E-state index in [4.69, 9.17) is 16.7 Å². The maximum Gasteiger partial charge on any atom is 0.325 e. The number of benzene rings is 1. The summed E-state index contributed by atoms with van der Waals surface area (Å²) in [6.07, 6.45) is 2.03. The highest BCUT2D eigenvalue weighted by molar-refractivity contribution is 6.30. The average molecular weight is 336 g/mol. The van der Waals surface area contributed by atoms with Crippen molar-refractivity contribution in [1.29, 1.82) is 0 Å². The van der Waals surface area contributed by atoms with Crippen molar-refractivity contribution in [2.45, 2.75) is 26.8 Å². The molecular formula is C16H18ClN3O3. The minimum Gasteiger partial charge on any atom is -0.480 e. The van der Waals surface area contributed by atoms with Gasteiger partial charge in [-0.15, -0.1) is 0 Å². The maximum atomic E-state index is 12.4. The van der Waals surface area contributed by atoms with Crippen LogP contribution in [0.3, 0.4) is 0 Å². The van der Waals surface area contributed by atoms with E-state index in [2.05, 4.69) is 10.4 Å². The van der Waals surface area contributed by atoms with Gasteiger partial charge in [0.1, 0.15) is 6.54 Å². The summed E-state index contributed by atoms with van der Waals surface area (Å²) in [6.45, 7) is 3.41. The molecule has 0 radical (unpaired) electrons. The summed E-state index contributed by atoms with van der Waals surface area (Å²) in [4.78, 5) is 23.1. The lowest BCUT2D eigenvalue weighted by molar-refractivity contribution is -0.137. The second-order valence-corrected chi connectivity index (χ2v) is 6.37. The van der Waals surface area contributed by atoms with Gasteiger partial charge >= 0.3 is 5.97 Å². The fourth-order valence-electron chi connectivity index (χ4n) is 2.18. The molecule has 0 aliphatic rings. The van der Waals surface area contributed by atoms with Crippen LogP contribution < -0.4 is 5.32 Å². The Morgan fingerprint density at radius 1 is 1.35 bits per heavy atom. The molecule has 23 heavy (non-hydrogen) atoms. The van der Waals surface area contributed by atoms with Gasteiger partial charge in [0.2, 0.25) is 5.91 Å². The molecule has 1 amide bonds. The molecule has 1 heterocycles. The van der Waals surface area contributed by atoms with E-state index < -0.39 is 11.4 Å². The van der Waals surface area contributed by atoms with Gasteiger partial charge in [0, 0.05) is 22.7 Å². The highest BCUT2D eigenvalue weighted by Crippen LogP contribution is 2.25. The number of nitrogens with zero attached hydrogens (tertiary/aromatic N) is 2. The minimum absolute atomic E-state index is 0.196. The van der Waals surface area contributed by atoms with Crippen molar-refractivity contribution in [3.8, 4) is 0 Å². The Morgan fingerprint density at radius 2 is 2.09 bits per heavy atom. The van der Waals surface area contributed by atoms with Gasteiger partial charge in [-0.2, -0.15) is 5.10 Å². The van der Waals surface area contributed by atoms with Crippen LogP contribution in [0.15, 0.2) is 36.5 Å². The van der Waals surface area contributed by atoms with E-state index in [1.54, 1.807) is 12.1 Å². The first-order chi connectivity index (χ1) is 10.8. The molecule has 1 aromatic carbocycles. The van der Waals surface area contributed by atoms with Crippen molar-refractivity contribution in [3.63, 3.8) is 0 Å². The summed E-state index contributed by atoms with van der Waals surface area (Å²) in [5.41, 5.74) is 0.301. The number of amides is 1. The molecule has 122 valence electrons. The van der Waals surface area contributed by atoms with Crippen LogP contribution >= 0.6 is 11.6 Å². The molecule has 0 saturated heterocycles. The summed E-state index contributed by atoms with van der Waals surface area (Å²) >= 11 is 5.97. The third kappa shape index (κ3) is 4.82. The number of anilines is 1. The van der Waals surface area contributed by atoms with E-state index in [-0.39, 0.29) is 12.5 Å². The molecule has 2 aromatic rings. The molecule has 0 aliphatic carbocycles. The zero-order chi connectivity index (χ0) is 17.0. The Labute approximate surface area is 139 Å². The predicted octanol–water partition coefficient (Wildman–Crippen LogP) is 2.83. The zero-order valence-corrected chi connectivity index (χ0v) is 13.7. The lowest BCUT2D eigenvalue weighted by Crippen LogP contribution is -2.33. The SMILES string of the molecule is CC(C)(Cc1cccc(Cl)c1)C(=O)Nc1ccn(CC(=O)O)n1. The number of halogens is 1. The van der Waals surface area contributed by atoms with E-state index in [0.29, 0.717) is 17.3 Å². The Bertz CT molecular complexity index is 725. The second-order valence-electron chi connectivity index (χ2n) is 5.94. The van der Waals surface area contributed by atoms with Gasteiger partial charge in [-0.05, 0) is 24.1 Å². The molecular weight excluding hydrogens is 318 g/mol. The molecule has 1 aromatic heterocycles. The first-order valence-corrected chi connectivity index (χ1v) is 7.45. The number of nitrogens with one attached hydrogen (secondary N) is 1. The maximum absolute atomic E-state index is 12.4. The van der Waals surface area contributed by atoms with Gasteiger partial charge in [-0.25, -0.2) is 0 Å². The Kier molecular flexibility index (Phi) is 5.05. The molecule has 0 spiro atoms. The molecule has 0 fully saturated rings. The van der Waals surface area contributed by atoms with E-state index in [0.717, 1.165) is 5.56 Å². The van der Waals surface area contributed by atoms with Crippen LogP contribution in [0.4, 0.5) is 5.82 Å². The van der Waals surface area contributed by atoms with Crippen molar-refractivity contribution in [2.75, 3.05) is 5.32 Å². The first-order valence-electron chi connectivity index (χ1n) is 7.07. The summed E-state index contributed by atoms with van der Waals surface area (Å²) in [7, 11) is 0. The number of hydrogen-bond acceptors (Lipinski definition) is 3. The van der Waals surface area contributed by atoms with Crippen LogP contribution in [0.5, 0.6) is 0 Å². The monoisotopic (exact) mass is 335 g/mol. The molecule has 0 unspecified atom stereocenters. The molecule has 0 bridgehead atoms. The third-order valence-corrected chi connectivity index (χ3v) is 3.56. The zero-order valence-electron chi connectivity index (χ0n) is 12.9. The van der Waals surface area contributed by atoms with E-state index >= 15 is 0 Å². The van der Waals surface area contributed by atoms with Gasteiger partial charge in [0.25, 0.3) is 0 Å². The average Bonchev–Trinajstić information content (AvgIpc) is 2.84. The van der Waals surface area contributed by atoms with Crippen LogP contribution in [-0.2, 0) is 22.6 Å². The number of rotatable bonds is 6. The minimum atomic E-state index is -0.993. The van der Waals surface area contributed by atoms with Crippen molar-refractivity contribution < 1.29 is 14.7 Å². The molecule has 0 atom stereocenters. The van der Waals surface area contributed by atoms with Crippen molar-refractivity contribution in [2.24, 2.45) is 5.41 Å². The van der Waals surface area contributed by atoms with Crippen LogP contribution in [-0.4, -0.2) is 26.8 Å². The number of carboxylic acid groups (broad SMARTS) is 1. The van der Waals surface area contributed by atoms with Gasteiger partial charge in [0.05, 0.1) is 0 Å². The van der Waals surface area contributed by atoms with E-state index in [1.807, 2.05) is 32.0 Å². The molecule has 6 nitrogen and oxygen atoms in total. The molecule has 0 saturated carbocycles. The summed E-state index contributed by atoms with van der Waals surface area (Å²) < 4.78 is 1.25. The first kappa shape index (κ1) is 17.0. The summed E-state index contributed by atoms with van der Waals surface area (Å²) in [5.74, 6) is -0.860. The summed E-state index contributed by atoms with van der Waals surface area (Å²) in [5, 5.41) is 16.1. The lowest BCUT2D eigenvalue weighted by atomic mass is 9.85. The van der Waals surface area contributed by atoms with E-state index in [9.17, 15) is 9.59 Å². The van der Waals surface area contributed by atoms with Gasteiger partial charge < -0.3 is 10.4 Å². The highest BCUT2D eigenvalue weighted by atomic mass is 35.5. The fourth-order valence-corrected chi connectivity index (χ4v) is 2.39. The van der Waals surface area contributed by atoms with Gasteiger partial charge in [-0.3, -0.25) is 14.3 Å². The molecule has 2 rings (SSSR count). The van der Waals surface area contributed by atoms with Crippen LogP contribution in [0.2, 0.25) is 5.02 Å². The summed E-state index contributed by atoms with van der Waals surface area (Å²) in [6, 6.07) is 8.95. The quantitative estimate of drug-likeness (QED) is 0.850. The third-order valence-electron chi connectivity index (χ3n) is 3.33. The predicted molar refractivity (Wildman–Crippen MR) is 87.4 cm³/mol. The van der Waals surface area contributed by atoms with Gasteiger partial charge in [0.15, 0.2) is 5.82 Å². The van der Waals surface area contributed by atoms with Crippen molar-refractivity contribution >= 4 is 29.3 Å². The molecule has 7 heteroatoms. The topological polar surface area (TPSA) is 84.2 Å². The Balaban J connectivity index is 2.03. The van der Waals surface area contributed by atoms with Crippen LogP contribution in [0.1, 0.15) is 19.4 Å². The number of hydrogen-bond donors (Lipinski definition) is 2. The van der Waals surface area contributed by atoms with Crippen LogP contribution in [0, 0.1) is 5.41 Å². The Hall–Kier alpha value is -2.34. The van der Waals surface area contributed by atoms with Crippen molar-refractivity contribution in [3.05, 3.63) is 47.1 Å². The van der Waals surface area contributed by atoms with Crippen molar-refractivity contribution in [1.82, 2.24) is 9.78 Å². The number of carboxylic acids is 1. The smallest absolute Gasteiger partial charge is 0.325 e. The molecule has 2 N–H and O–H groups in total. The normalized spacial score (nSPS) is 11.3. The van der Waals surface area contributed by atoms with Gasteiger partial charge in [-0.1, -0.05) is 37.6 Å². The highest BCUT2D eigenvalue weighted by Gasteiger charge is 2.28. The largest absolute Gasteiger partial charge is 0.480 e. The number of aliphatic carboxylic acids is 1. The standard InChI is InChI=1S/C16H18ClN3O3/c1-16(2,9-11-4-3-5-12(17)8-11)15(23)18-13-6-7-20(19-13)10-14(21)22/h3-8H,9-10H2,1-2H3,(H,21,22)(H,18,19,23). The second kappa shape index (κ2) is 6.83. The Morgan fingerprint density at radius 3 is 2.74 bits per heavy atom. The molecule has 0 aliphatic heterocycles. The number of carbonyl (C=O) groups is 2. The van der Waals surface area contributed by atoms with E-state index in [1.165, 1.54) is 10.9 Å². The number of carbonyl (C=O) groups excluding carboxylic acids is 1. The fraction of sp³-hybridized carbons (Fsp3) is 0.312. The van der Waals surface area contributed by atoms with Crippen LogP contribution in [0.25, 0.3) is 0 Å².